The molecule has 0 spiro atoms. The first-order valence-corrected chi connectivity index (χ1v) is 13.6. The van der Waals surface area contributed by atoms with Gasteiger partial charge in [0, 0.05) is 41.5 Å². The van der Waals surface area contributed by atoms with Crippen molar-refractivity contribution in [2.45, 2.75) is 48.1 Å². The minimum absolute atomic E-state index is 0.550. The summed E-state index contributed by atoms with van der Waals surface area (Å²) < 4.78 is 0. The molecule has 204 valence electrons. The van der Waals surface area contributed by atoms with E-state index in [4.69, 9.17) is 0 Å². The van der Waals surface area contributed by atoms with Gasteiger partial charge in [-0.3, -0.25) is 20.4 Å². The summed E-state index contributed by atoms with van der Waals surface area (Å²) in [6.45, 7) is 13.3. The molecule has 3 aliphatic rings. The van der Waals surface area contributed by atoms with Crippen molar-refractivity contribution in [1.82, 2.24) is 5.43 Å². The van der Waals surface area contributed by atoms with Crippen molar-refractivity contribution in [3.8, 4) is 0 Å². The second-order valence-corrected chi connectivity index (χ2v) is 7.18. The van der Waals surface area contributed by atoms with Crippen molar-refractivity contribution in [2.24, 2.45) is 25.1 Å². The van der Waals surface area contributed by atoms with Gasteiger partial charge in [-0.05, 0) is 22.8 Å². The Bertz CT molecular complexity index is 1120. The number of hydrogen-bond donors (Lipinski definition) is 1. The van der Waals surface area contributed by atoms with Gasteiger partial charge in [-0.2, -0.15) is 5.10 Å². The molecule has 0 saturated carbocycles. The van der Waals surface area contributed by atoms with Crippen molar-refractivity contribution < 1.29 is 0 Å². The third-order valence-corrected chi connectivity index (χ3v) is 4.91. The Morgan fingerprint density at radius 2 is 1.05 bits per heavy atom. The Hall–Kier alpha value is -4.45. The molecular formula is C33H42N6. The van der Waals surface area contributed by atoms with Gasteiger partial charge in [0.2, 0.25) is 0 Å². The van der Waals surface area contributed by atoms with Crippen LogP contribution in [0.5, 0.6) is 0 Å². The molecule has 0 amide bonds. The first-order valence-electron chi connectivity index (χ1n) is 13.6. The van der Waals surface area contributed by atoms with E-state index in [0.29, 0.717) is 6.67 Å². The molecular weight excluding hydrogens is 480 g/mol. The van der Waals surface area contributed by atoms with Crippen molar-refractivity contribution in [1.29, 1.82) is 0 Å². The van der Waals surface area contributed by atoms with Gasteiger partial charge in [-0.15, -0.1) is 0 Å². The molecule has 3 aromatic carbocycles. The summed E-state index contributed by atoms with van der Waals surface area (Å²) in [6.07, 6.45) is 12.8. The van der Waals surface area contributed by atoms with E-state index < -0.39 is 0 Å². The van der Waals surface area contributed by atoms with Gasteiger partial charge in [0.25, 0.3) is 0 Å². The van der Waals surface area contributed by atoms with Gasteiger partial charge in [0.15, 0.2) is 0 Å². The van der Waals surface area contributed by atoms with Crippen LogP contribution < -0.4 is 5.43 Å². The summed E-state index contributed by atoms with van der Waals surface area (Å²) >= 11 is 0. The third-order valence-electron chi connectivity index (χ3n) is 4.91. The quantitative estimate of drug-likeness (QED) is 0.321. The Kier molecular flexibility index (Phi) is 18.1. The number of nitrogens with one attached hydrogen (secondary N) is 1. The van der Waals surface area contributed by atoms with Gasteiger partial charge in [-0.25, -0.2) is 4.99 Å². The number of rotatable bonds is 0. The van der Waals surface area contributed by atoms with Crippen LogP contribution in [0.1, 0.15) is 74.9 Å². The molecule has 0 aromatic heterocycles. The van der Waals surface area contributed by atoms with Crippen LogP contribution in [0.25, 0.3) is 6.08 Å². The van der Waals surface area contributed by atoms with E-state index in [1.165, 1.54) is 16.7 Å². The largest absolute Gasteiger partial charge is 0.286 e. The lowest BCUT2D eigenvalue weighted by Gasteiger charge is -1.97. The molecule has 0 radical (unpaired) electrons. The zero-order valence-corrected chi connectivity index (χ0v) is 24.1. The second kappa shape index (κ2) is 21.6. The summed E-state index contributed by atoms with van der Waals surface area (Å²) in [5.74, 6) is 0. The fourth-order valence-corrected chi connectivity index (χ4v) is 3.23. The van der Waals surface area contributed by atoms with Gasteiger partial charge in [0.05, 0.1) is 12.8 Å². The highest BCUT2D eigenvalue weighted by Crippen LogP contribution is 2.10. The summed E-state index contributed by atoms with van der Waals surface area (Å²) in [7, 11) is 0. The van der Waals surface area contributed by atoms with Crippen LogP contribution in [-0.2, 0) is 6.54 Å². The van der Waals surface area contributed by atoms with E-state index in [9.17, 15) is 0 Å². The molecule has 0 fully saturated rings. The van der Waals surface area contributed by atoms with Gasteiger partial charge in [-0.1, -0.05) is 114 Å². The van der Waals surface area contributed by atoms with Crippen molar-refractivity contribution in [3.63, 3.8) is 0 Å². The summed E-state index contributed by atoms with van der Waals surface area (Å²) in [5, 5.41) is 3.95. The fourth-order valence-electron chi connectivity index (χ4n) is 3.23. The number of hydrogen-bond acceptors (Lipinski definition) is 6. The second-order valence-electron chi connectivity index (χ2n) is 7.18. The Labute approximate surface area is 234 Å². The maximum Gasteiger partial charge on any atom is 0.129 e. The fraction of sp³-hybridized carbons (Fsp3) is 0.242. The minimum Gasteiger partial charge on any atom is -0.286 e. The normalized spacial score (nSPS) is 12.3. The third kappa shape index (κ3) is 12.1. The molecule has 0 unspecified atom stereocenters. The molecule has 3 aliphatic heterocycles. The lowest BCUT2D eigenvalue weighted by Crippen LogP contribution is -1.90. The standard InChI is InChI=1S/3C9H8N2.3C2H6/c2*1-2-4-9-6-11-7-10-5-8(9)3-1;1-2-4-9-7-11-10-6-5-8(9)3-1;3*1-2/h1-5,7H,6H2;1-6H,7H2;1-7,10H;3*1-2H3. The number of fused-ring (bicyclic) bond motifs is 3. The molecule has 6 rings (SSSR count). The lowest BCUT2D eigenvalue weighted by molar-refractivity contribution is 0.985. The highest BCUT2D eigenvalue weighted by Gasteiger charge is 1.99. The summed E-state index contributed by atoms with van der Waals surface area (Å²) in [6, 6.07) is 24.4. The highest BCUT2D eigenvalue weighted by atomic mass is 15.3. The maximum absolute atomic E-state index is 4.09. The molecule has 3 heterocycles. The smallest absolute Gasteiger partial charge is 0.129 e. The Balaban J connectivity index is 0.000000267. The average Bonchev–Trinajstić information content (AvgIpc) is 3.53. The molecule has 0 aliphatic carbocycles. The SMILES string of the molecule is C1=Cc2ccccc2C=NN1.C1=NC=NCc2ccccc21.C1=NCN=Cc2ccccc21.CC.CC.CC. The van der Waals surface area contributed by atoms with E-state index in [0.717, 1.165) is 23.2 Å². The van der Waals surface area contributed by atoms with Crippen molar-refractivity contribution in [2.75, 3.05) is 6.67 Å². The van der Waals surface area contributed by atoms with Crippen molar-refractivity contribution in [3.05, 3.63) is 112 Å². The molecule has 1 N–H and O–H groups in total. The molecule has 6 nitrogen and oxygen atoms in total. The van der Waals surface area contributed by atoms with E-state index >= 15 is 0 Å². The van der Waals surface area contributed by atoms with E-state index in [-0.39, 0.29) is 0 Å². The Morgan fingerprint density at radius 1 is 0.538 bits per heavy atom. The van der Waals surface area contributed by atoms with Crippen molar-refractivity contribution >= 4 is 37.3 Å². The van der Waals surface area contributed by atoms with Crippen LogP contribution in [0, 0.1) is 0 Å². The van der Waals surface area contributed by atoms with Crippen LogP contribution >= 0.6 is 0 Å². The van der Waals surface area contributed by atoms with Crippen LogP contribution in [0.3, 0.4) is 0 Å². The molecule has 39 heavy (non-hydrogen) atoms. The van der Waals surface area contributed by atoms with Gasteiger partial charge < -0.3 is 0 Å². The summed E-state index contributed by atoms with van der Waals surface area (Å²) in [5.41, 5.74) is 9.83. The number of aliphatic imine (C=N–C) groups is 4. The molecule has 0 saturated heterocycles. The maximum atomic E-state index is 4.09. The average molecular weight is 523 g/mol. The predicted octanol–water partition coefficient (Wildman–Crippen LogP) is 7.82. The predicted molar refractivity (Wildman–Crippen MR) is 173 cm³/mol. The number of benzene rings is 3. The zero-order valence-electron chi connectivity index (χ0n) is 24.1. The number of hydrazone groups is 1. The lowest BCUT2D eigenvalue weighted by atomic mass is 10.1. The minimum atomic E-state index is 0.550. The van der Waals surface area contributed by atoms with Crippen LogP contribution in [0.2, 0.25) is 0 Å². The summed E-state index contributed by atoms with van der Waals surface area (Å²) in [4.78, 5) is 16.3. The van der Waals surface area contributed by atoms with Crippen LogP contribution in [0.15, 0.2) is 104 Å². The van der Waals surface area contributed by atoms with Gasteiger partial charge in [0.1, 0.15) is 13.0 Å². The topological polar surface area (TPSA) is 73.8 Å². The van der Waals surface area contributed by atoms with Gasteiger partial charge >= 0.3 is 0 Å². The molecule has 6 heteroatoms. The first kappa shape index (κ1) is 32.6. The monoisotopic (exact) mass is 522 g/mol. The molecule has 0 bridgehead atoms. The molecule has 0 atom stereocenters. The molecule has 3 aromatic rings. The van der Waals surface area contributed by atoms with E-state index in [1.807, 2.05) is 139 Å². The van der Waals surface area contributed by atoms with E-state index in [1.54, 1.807) is 6.34 Å². The highest BCUT2D eigenvalue weighted by molar-refractivity contribution is 5.95. The van der Waals surface area contributed by atoms with Crippen LogP contribution in [-0.4, -0.2) is 37.9 Å². The van der Waals surface area contributed by atoms with E-state index in [2.05, 4.69) is 42.6 Å². The zero-order chi connectivity index (χ0) is 28.6. The number of nitrogens with zero attached hydrogens (tertiary/aromatic N) is 5. The Morgan fingerprint density at radius 3 is 1.67 bits per heavy atom. The first-order chi connectivity index (χ1) is 19.4. The van der Waals surface area contributed by atoms with Crippen LogP contribution in [0.4, 0.5) is 0 Å².